The zero-order chi connectivity index (χ0) is 25.7. The largest absolute Gasteiger partial charge is 0.480 e. The van der Waals surface area contributed by atoms with Gasteiger partial charge in [0.1, 0.15) is 5.56 Å². The molecular weight excluding hydrogens is 470 g/mol. The van der Waals surface area contributed by atoms with Crippen LogP contribution in [-0.4, -0.2) is 66.8 Å². The lowest BCUT2D eigenvalue weighted by atomic mass is 9.89. The lowest BCUT2D eigenvalue weighted by Gasteiger charge is -2.38. The number of nitrogens with one attached hydrogen (secondary N) is 1. The summed E-state index contributed by atoms with van der Waals surface area (Å²) in [6, 6.07) is 6.96. The van der Waals surface area contributed by atoms with Crippen LogP contribution in [0.2, 0.25) is 5.02 Å². The minimum atomic E-state index is -0.819. The number of hydrogen-bond acceptors (Lipinski definition) is 6. The van der Waals surface area contributed by atoms with Crippen molar-refractivity contribution in [2.24, 2.45) is 11.7 Å². The molecule has 2 aromatic rings. The quantitative estimate of drug-likeness (QED) is 0.563. The third-order valence-corrected chi connectivity index (χ3v) is 6.48. The summed E-state index contributed by atoms with van der Waals surface area (Å²) in [6.45, 7) is 3.38. The number of halogens is 1. The van der Waals surface area contributed by atoms with Crippen LogP contribution < -0.4 is 15.8 Å². The molecule has 9 nitrogen and oxygen atoms in total. The molecule has 3 N–H and O–H groups in total. The first-order valence-corrected chi connectivity index (χ1v) is 11.9. The monoisotopic (exact) mass is 501 g/mol. The van der Waals surface area contributed by atoms with Gasteiger partial charge in [-0.15, -0.1) is 0 Å². The number of aromatic nitrogens is 1. The molecule has 0 spiro atoms. The van der Waals surface area contributed by atoms with Crippen LogP contribution in [0.25, 0.3) is 0 Å². The van der Waals surface area contributed by atoms with Crippen molar-refractivity contribution in [2.75, 3.05) is 39.6 Å². The van der Waals surface area contributed by atoms with Gasteiger partial charge in [-0.3, -0.25) is 14.4 Å². The normalized spacial score (nSPS) is 17.8. The lowest BCUT2D eigenvalue weighted by molar-refractivity contribution is -0.146. The van der Waals surface area contributed by atoms with E-state index in [2.05, 4.69) is 22.1 Å². The summed E-state index contributed by atoms with van der Waals surface area (Å²) in [5, 5.41) is 3.19. The molecule has 35 heavy (non-hydrogen) atoms. The van der Waals surface area contributed by atoms with Gasteiger partial charge in [0.2, 0.25) is 5.88 Å². The molecule has 2 unspecified atom stereocenters. The summed E-state index contributed by atoms with van der Waals surface area (Å²) in [4.78, 5) is 45.5. The van der Waals surface area contributed by atoms with E-state index in [1.165, 1.54) is 19.4 Å². The number of rotatable bonds is 7. The summed E-state index contributed by atoms with van der Waals surface area (Å²) in [6.07, 6.45) is 3.78. The van der Waals surface area contributed by atoms with E-state index in [0.29, 0.717) is 11.6 Å². The minimum Gasteiger partial charge on any atom is -0.480 e. The maximum absolute atomic E-state index is 13.2. The van der Waals surface area contributed by atoms with Crippen molar-refractivity contribution < 1.29 is 19.1 Å². The number of methoxy groups -OCH3 is 1. The fourth-order valence-corrected chi connectivity index (χ4v) is 4.50. The molecule has 1 fully saturated rings. The van der Waals surface area contributed by atoms with Crippen molar-refractivity contribution >= 4 is 35.0 Å². The van der Waals surface area contributed by atoms with Crippen molar-refractivity contribution in [3.8, 4) is 5.88 Å². The highest BCUT2D eigenvalue weighted by Gasteiger charge is 2.34. The predicted molar refractivity (Wildman–Crippen MR) is 134 cm³/mol. The Morgan fingerprint density at radius 1 is 1.26 bits per heavy atom. The first-order valence-electron chi connectivity index (χ1n) is 11.5. The van der Waals surface area contributed by atoms with E-state index in [1.54, 1.807) is 4.90 Å². The van der Waals surface area contributed by atoms with E-state index in [-0.39, 0.29) is 29.1 Å². The Kier molecular flexibility index (Phi) is 8.69. The van der Waals surface area contributed by atoms with E-state index < -0.39 is 17.7 Å². The molecule has 1 aliphatic heterocycles. The van der Waals surface area contributed by atoms with E-state index in [9.17, 15) is 14.4 Å². The molecule has 10 heteroatoms. The molecule has 188 valence electrons. The Morgan fingerprint density at radius 2 is 2.00 bits per heavy atom. The van der Waals surface area contributed by atoms with Crippen LogP contribution in [0.4, 0.5) is 5.69 Å². The van der Waals surface area contributed by atoms with Gasteiger partial charge in [0.05, 0.1) is 25.0 Å². The number of primary amides is 1. The molecule has 3 rings (SSSR count). The summed E-state index contributed by atoms with van der Waals surface area (Å²) in [7, 11) is 5.38. The minimum absolute atomic E-state index is 0.00576. The van der Waals surface area contributed by atoms with Crippen LogP contribution in [0.5, 0.6) is 5.88 Å². The number of benzene rings is 1. The number of hydrogen-bond donors (Lipinski definition) is 2. The van der Waals surface area contributed by atoms with Gasteiger partial charge in [0.15, 0.2) is 0 Å². The molecule has 1 aromatic heterocycles. The number of piperidine rings is 1. The van der Waals surface area contributed by atoms with Crippen molar-refractivity contribution in [1.82, 2.24) is 14.8 Å². The van der Waals surface area contributed by atoms with Crippen molar-refractivity contribution in [1.29, 1.82) is 0 Å². The molecule has 0 aliphatic carbocycles. The number of anilines is 1. The van der Waals surface area contributed by atoms with Gasteiger partial charge in [-0.2, -0.15) is 0 Å². The van der Waals surface area contributed by atoms with E-state index in [0.717, 1.165) is 36.9 Å². The number of nitrogens with two attached hydrogens (primary N) is 1. The molecule has 1 saturated heterocycles. The Morgan fingerprint density at radius 3 is 2.63 bits per heavy atom. The van der Waals surface area contributed by atoms with Crippen LogP contribution in [0.15, 0.2) is 30.5 Å². The van der Waals surface area contributed by atoms with Crippen LogP contribution in [0.1, 0.15) is 47.3 Å². The highest BCUT2D eigenvalue weighted by Crippen LogP contribution is 2.35. The number of pyridine rings is 1. The summed E-state index contributed by atoms with van der Waals surface area (Å²) in [5.74, 6) is -1.95. The number of carbonyl (C=O) groups excluding carboxylic acids is 3. The third-order valence-electron chi connectivity index (χ3n) is 6.13. The first kappa shape index (κ1) is 26.4. The zero-order valence-electron chi connectivity index (χ0n) is 20.5. The van der Waals surface area contributed by atoms with Gasteiger partial charge < -0.3 is 25.6 Å². The molecule has 3 amide bonds. The van der Waals surface area contributed by atoms with Crippen LogP contribution >= 0.6 is 11.6 Å². The van der Waals surface area contributed by atoms with E-state index in [4.69, 9.17) is 22.1 Å². The summed E-state index contributed by atoms with van der Waals surface area (Å²) in [5.41, 5.74) is 7.48. The SMILES string of the molecule is COc1ncc(NC(=O)C(=O)N2CC(C)CCC2c2ccc(CCN(C)C)c(Cl)c2)cc1C(N)=O. The van der Waals surface area contributed by atoms with E-state index in [1.807, 2.05) is 32.3 Å². The standard InChI is InChI=1S/C25H32ClN5O4/c1-15-5-8-21(17-7-6-16(20(26)11-17)9-10-30(2)3)31(14-15)25(34)23(33)29-18-12-19(22(27)32)24(35-4)28-13-18/h6-7,11-13,15,21H,5,8-10,14H2,1-4H3,(H2,27,32)(H,29,33). The van der Waals surface area contributed by atoms with Gasteiger partial charge in [-0.05, 0) is 62.5 Å². The number of likely N-dealkylation sites (N-methyl/N-ethyl adjacent to an activating group) is 1. The topological polar surface area (TPSA) is 118 Å². The fourth-order valence-electron chi connectivity index (χ4n) is 4.22. The average molecular weight is 502 g/mol. The zero-order valence-corrected chi connectivity index (χ0v) is 21.3. The number of carbonyl (C=O) groups is 3. The molecule has 0 radical (unpaired) electrons. The second-order valence-electron chi connectivity index (χ2n) is 9.16. The van der Waals surface area contributed by atoms with Gasteiger partial charge in [-0.25, -0.2) is 4.98 Å². The van der Waals surface area contributed by atoms with Gasteiger partial charge in [0, 0.05) is 18.1 Å². The van der Waals surface area contributed by atoms with Crippen LogP contribution in [0.3, 0.4) is 0 Å². The highest BCUT2D eigenvalue weighted by molar-refractivity contribution is 6.39. The molecule has 0 saturated carbocycles. The van der Waals surface area contributed by atoms with Gasteiger partial charge >= 0.3 is 11.8 Å². The molecule has 2 atom stereocenters. The molecule has 1 aliphatic rings. The first-order chi connectivity index (χ1) is 16.6. The van der Waals surface area contributed by atoms with Gasteiger partial charge in [-0.1, -0.05) is 30.7 Å². The van der Waals surface area contributed by atoms with Crippen molar-refractivity contribution in [2.45, 2.75) is 32.2 Å². The Labute approximate surface area is 210 Å². The highest BCUT2D eigenvalue weighted by atomic mass is 35.5. The molecular formula is C25H32ClN5O4. The summed E-state index contributed by atoms with van der Waals surface area (Å²) < 4.78 is 5.02. The molecule has 2 heterocycles. The Hall–Kier alpha value is -3.17. The Bertz CT molecular complexity index is 1110. The van der Waals surface area contributed by atoms with Crippen molar-refractivity contribution in [3.63, 3.8) is 0 Å². The number of ether oxygens (including phenoxy) is 1. The Balaban J connectivity index is 1.80. The number of nitrogens with zero attached hydrogens (tertiary/aromatic N) is 3. The van der Waals surface area contributed by atoms with Crippen molar-refractivity contribution in [3.05, 3.63) is 52.2 Å². The van der Waals surface area contributed by atoms with Crippen LogP contribution in [-0.2, 0) is 16.0 Å². The fraction of sp³-hybridized carbons (Fsp3) is 0.440. The summed E-state index contributed by atoms with van der Waals surface area (Å²) >= 11 is 6.57. The maximum atomic E-state index is 13.2. The molecule has 1 aromatic carbocycles. The number of amides is 3. The van der Waals surface area contributed by atoms with Gasteiger partial charge in [0.25, 0.3) is 5.91 Å². The predicted octanol–water partition coefficient (Wildman–Crippen LogP) is 2.88. The van der Waals surface area contributed by atoms with E-state index >= 15 is 0 Å². The average Bonchev–Trinajstić information content (AvgIpc) is 2.82. The maximum Gasteiger partial charge on any atom is 0.313 e. The lowest BCUT2D eigenvalue weighted by Crippen LogP contribution is -2.46. The second kappa shape index (κ2) is 11.5. The third kappa shape index (κ3) is 6.49. The van der Waals surface area contributed by atoms with Crippen LogP contribution in [0, 0.1) is 5.92 Å². The smallest absolute Gasteiger partial charge is 0.313 e. The molecule has 0 bridgehead atoms. The number of likely N-dealkylation sites (tertiary alicyclic amines) is 1. The second-order valence-corrected chi connectivity index (χ2v) is 9.57.